The summed E-state index contributed by atoms with van der Waals surface area (Å²) in [4.78, 5) is 11.3. The molecule has 0 fully saturated rings. The highest BCUT2D eigenvalue weighted by molar-refractivity contribution is 5.72. The predicted octanol–water partition coefficient (Wildman–Crippen LogP) is 1.85. The minimum Gasteiger partial charge on any atom is -0.492 e. The molecule has 18 heavy (non-hydrogen) atoms. The highest BCUT2D eigenvalue weighted by Crippen LogP contribution is 2.07. The zero-order chi connectivity index (χ0) is 13.2. The van der Waals surface area contributed by atoms with Gasteiger partial charge in [-0.05, 0) is 19.1 Å². The molecular weight excluding hydrogens is 230 g/mol. The molecule has 4 heteroatoms. The van der Waals surface area contributed by atoms with Gasteiger partial charge in [0.15, 0.2) is 0 Å². The molecule has 0 saturated carbocycles. The Kier molecular flexibility index (Phi) is 6.87. The van der Waals surface area contributed by atoms with Gasteiger partial charge < -0.3 is 14.8 Å². The van der Waals surface area contributed by atoms with E-state index in [1.807, 2.05) is 44.2 Å². The van der Waals surface area contributed by atoms with Crippen LogP contribution in [0.5, 0.6) is 5.75 Å². The Bertz CT molecular complexity index is 340. The second-order valence-corrected chi connectivity index (χ2v) is 4.02. The van der Waals surface area contributed by atoms with E-state index in [4.69, 9.17) is 9.47 Å². The molecule has 0 aliphatic carbocycles. The van der Waals surface area contributed by atoms with Gasteiger partial charge in [0.25, 0.3) is 0 Å². The van der Waals surface area contributed by atoms with Crippen molar-refractivity contribution in [3.63, 3.8) is 0 Å². The number of hydrogen-bond acceptors (Lipinski definition) is 4. The summed E-state index contributed by atoms with van der Waals surface area (Å²) in [6.07, 6.45) is 0. The van der Waals surface area contributed by atoms with E-state index >= 15 is 0 Å². The van der Waals surface area contributed by atoms with Crippen LogP contribution in [0.2, 0.25) is 0 Å². The van der Waals surface area contributed by atoms with E-state index in [2.05, 4.69) is 5.32 Å². The molecule has 1 N–H and O–H groups in total. The largest absolute Gasteiger partial charge is 0.492 e. The maximum atomic E-state index is 11.3. The lowest BCUT2D eigenvalue weighted by Gasteiger charge is -2.12. The molecule has 0 heterocycles. The minimum atomic E-state index is -0.158. The monoisotopic (exact) mass is 251 g/mol. The van der Waals surface area contributed by atoms with Crippen molar-refractivity contribution >= 4 is 5.97 Å². The Morgan fingerprint density at radius 1 is 1.33 bits per heavy atom. The summed E-state index contributed by atoms with van der Waals surface area (Å²) in [5.41, 5.74) is 0. The zero-order valence-corrected chi connectivity index (χ0v) is 11.0. The quantitative estimate of drug-likeness (QED) is 0.566. The van der Waals surface area contributed by atoms with E-state index < -0.39 is 0 Å². The van der Waals surface area contributed by atoms with Gasteiger partial charge in [0.1, 0.15) is 12.4 Å². The number of benzene rings is 1. The molecule has 0 aliphatic heterocycles. The van der Waals surface area contributed by atoms with Crippen LogP contribution >= 0.6 is 0 Å². The lowest BCUT2D eigenvalue weighted by molar-refractivity contribution is -0.147. The van der Waals surface area contributed by atoms with Gasteiger partial charge in [0, 0.05) is 13.1 Å². The third-order valence-corrected chi connectivity index (χ3v) is 2.43. The van der Waals surface area contributed by atoms with E-state index in [1.54, 1.807) is 0 Å². The van der Waals surface area contributed by atoms with Crippen molar-refractivity contribution in [1.29, 1.82) is 0 Å². The van der Waals surface area contributed by atoms with Gasteiger partial charge >= 0.3 is 5.97 Å². The fourth-order valence-electron chi connectivity index (χ4n) is 1.44. The number of hydrogen-bond donors (Lipinski definition) is 1. The zero-order valence-electron chi connectivity index (χ0n) is 11.0. The van der Waals surface area contributed by atoms with Crippen LogP contribution in [-0.2, 0) is 9.53 Å². The Hall–Kier alpha value is -1.55. The highest BCUT2D eigenvalue weighted by atomic mass is 16.5. The van der Waals surface area contributed by atoms with Crippen LogP contribution in [0.3, 0.4) is 0 Å². The van der Waals surface area contributed by atoms with Gasteiger partial charge in [-0.3, -0.25) is 4.79 Å². The fourth-order valence-corrected chi connectivity index (χ4v) is 1.44. The Labute approximate surface area is 108 Å². The number of esters is 1. The minimum absolute atomic E-state index is 0.123. The number of nitrogens with one attached hydrogen (secondary N) is 1. The van der Waals surface area contributed by atoms with Crippen molar-refractivity contribution in [2.45, 2.75) is 13.8 Å². The van der Waals surface area contributed by atoms with Crippen molar-refractivity contribution in [2.75, 3.05) is 26.3 Å². The van der Waals surface area contributed by atoms with Crippen LogP contribution in [-0.4, -0.2) is 32.3 Å². The Morgan fingerprint density at radius 2 is 2.06 bits per heavy atom. The lowest BCUT2D eigenvalue weighted by atomic mass is 10.2. The van der Waals surface area contributed by atoms with Crippen molar-refractivity contribution in [3.05, 3.63) is 30.3 Å². The second kappa shape index (κ2) is 8.53. The molecule has 0 spiro atoms. The molecule has 100 valence electrons. The SMILES string of the molecule is CCOC(=O)C(C)CNCCOc1ccccc1. The summed E-state index contributed by atoms with van der Waals surface area (Å²) < 4.78 is 10.4. The standard InChI is InChI=1S/C14H21NO3/c1-3-17-14(16)12(2)11-15-9-10-18-13-7-5-4-6-8-13/h4-8,12,15H,3,9-11H2,1-2H3. The fraction of sp³-hybridized carbons (Fsp3) is 0.500. The molecule has 0 radical (unpaired) electrons. The summed E-state index contributed by atoms with van der Waals surface area (Å²) in [6.45, 7) is 5.99. The van der Waals surface area contributed by atoms with Crippen LogP contribution in [0, 0.1) is 5.92 Å². The summed E-state index contributed by atoms with van der Waals surface area (Å²) >= 11 is 0. The molecule has 1 aromatic rings. The average molecular weight is 251 g/mol. The first-order chi connectivity index (χ1) is 8.74. The third-order valence-electron chi connectivity index (χ3n) is 2.43. The van der Waals surface area contributed by atoms with Crippen LogP contribution in [0.25, 0.3) is 0 Å². The van der Waals surface area contributed by atoms with Gasteiger partial charge in [-0.1, -0.05) is 25.1 Å². The van der Waals surface area contributed by atoms with Crippen LogP contribution in [0.15, 0.2) is 30.3 Å². The van der Waals surface area contributed by atoms with E-state index in [0.29, 0.717) is 26.3 Å². The summed E-state index contributed by atoms with van der Waals surface area (Å²) in [6, 6.07) is 9.66. The number of carbonyl (C=O) groups excluding carboxylic acids is 1. The second-order valence-electron chi connectivity index (χ2n) is 4.02. The first kappa shape index (κ1) is 14.5. The van der Waals surface area contributed by atoms with Crippen molar-refractivity contribution < 1.29 is 14.3 Å². The molecule has 1 aromatic carbocycles. The first-order valence-corrected chi connectivity index (χ1v) is 6.29. The smallest absolute Gasteiger partial charge is 0.309 e. The maximum Gasteiger partial charge on any atom is 0.309 e. The van der Waals surface area contributed by atoms with Crippen LogP contribution < -0.4 is 10.1 Å². The number of rotatable bonds is 8. The molecule has 0 bridgehead atoms. The highest BCUT2D eigenvalue weighted by Gasteiger charge is 2.12. The first-order valence-electron chi connectivity index (χ1n) is 6.29. The van der Waals surface area contributed by atoms with Gasteiger partial charge in [0.05, 0.1) is 12.5 Å². The summed E-state index contributed by atoms with van der Waals surface area (Å²) in [7, 11) is 0. The molecular formula is C14H21NO3. The molecule has 1 atom stereocenters. The summed E-state index contributed by atoms with van der Waals surface area (Å²) in [5, 5.41) is 3.17. The van der Waals surface area contributed by atoms with Gasteiger partial charge in [0.2, 0.25) is 0 Å². The molecule has 1 rings (SSSR count). The molecule has 4 nitrogen and oxygen atoms in total. The molecule has 0 aliphatic rings. The van der Waals surface area contributed by atoms with E-state index in [0.717, 1.165) is 5.75 Å². The van der Waals surface area contributed by atoms with E-state index in [9.17, 15) is 4.79 Å². The van der Waals surface area contributed by atoms with Gasteiger partial charge in [-0.25, -0.2) is 0 Å². The third kappa shape index (κ3) is 5.68. The Balaban J connectivity index is 2.07. The molecule has 0 aromatic heterocycles. The average Bonchev–Trinajstić information content (AvgIpc) is 2.39. The van der Waals surface area contributed by atoms with Crippen molar-refractivity contribution in [2.24, 2.45) is 5.92 Å². The number of para-hydroxylation sites is 1. The number of ether oxygens (including phenoxy) is 2. The predicted molar refractivity (Wildman–Crippen MR) is 70.6 cm³/mol. The maximum absolute atomic E-state index is 11.3. The molecule has 1 unspecified atom stereocenters. The molecule has 0 amide bonds. The van der Waals surface area contributed by atoms with Crippen molar-refractivity contribution in [1.82, 2.24) is 5.32 Å². The summed E-state index contributed by atoms with van der Waals surface area (Å²) in [5.74, 6) is 0.577. The van der Waals surface area contributed by atoms with Crippen LogP contribution in [0.1, 0.15) is 13.8 Å². The van der Waals surface area contributed by atoms with Gasteiger partial charge in [-0.15, -0.1) is 0 Å². The van der Waals surface area contributed by atoms with Gasteiger partial charge in [-0.2, -0.15) is 0 Å². The lowest BCUT2D eigenvalue weighted by Crippen LogP contribution is -2.30. The van der Waals surface area contributed by atoms with E-state index in [-0.39, 0.29) is 11.9 Å². The number of carbonyl (C=O) groups is 1. The van der Waals surface area contributed by atoms with Crippen molar-refractivity contribution in [3.8, 4) is 5.75 Å². The van der Waals surface area contributed by atoms with E-state index in [1.165, 1.54) is 0 Å². The van der Waals surface area contributed by atoms with Crippen LogP contribution in [0.4, 0.5) is 0 Å². The molecule has 0 saturated heterocycles. The normalized spacial score (nSPS) is 11.9. The Morgan fingerprint density at radius 3 is 2.72 bits per heavy atom. The topological polar surface area (TPSA) is 47.6 Å².